The molecule has 0 heterocycles. The van der Waals surface area contributed by atoms with E-state index in [0.717, 1.165) is 9.52 Å². The zero-order valence-electron chi connectivity index (χ0n) is 18.8. The molecule has 2 unspecified atom stereocenters. The fourth-order valence-electron chi connectivity index (χ4n) is 5.32. The van der Waals surface area contributed by atoms with Gasteiger partial charge in [0.2, 0.25) is 0 Å². The van der Waals surface area contributed by atoms with Crippen molar-refractivity contribution in [3.63, 3.8) is 0 Å². The van der Waals surface area contributed by atoms with Crippen LogP contribution >= 0.6 is 17.0 Å². The van der Waals surface area contributed by atoms with Gasteiger partial charge in [-0.05, 0) is 97.2 Å². The Kier molecular flexibility index (Phi) is 8.47. The number of hydrogen-bond donors (Lipinski definition) is 0. The Morgan fingerprint density at radius 2 is 1.00 bits per heavy atom. The van der Waals surface area contributed by atoms with Crippen molar-refractivity contribution in [1.82, 2.24) is 0 Å². The minimum atomic E-state index is -0.826. The number of hydrogen-bond acceptors (Lipinski definition) is 0. The summed E-state index contributed by atoms with van der Waals surface area (Å²) in [5.41, 5.74) is 15.0. The van der Waals surface area contributed by atoms with E-state index in [0.29, 0.717) is 11.8 Å². The molecular weight excluding hydrogens is 503 g/mol. The van der Waals surface area contributed by atoms with Crippen LogP contribution < -0.4 is 0 Å². The molecule has 0 nitrogen and oxygen atoms in total. The summed E-state index contributed by atoms with van der Waals surface area (Å²) >= 11 is -0.826. The molecule has 2 aliphatic carbocycles. The zero-order chi connectivity index (χ0) is 22.0. The second kappa shape index (κ2) is 10.5. The molecule has 0 saturated carbocycles. The van der Waals surface area contributed by atoms with Crippen molar-refractivity contribution in [2.75, 3.05) is 0 Å². The molecule has 2 radical (unpaired) electrons. The summed E-state index contributed by atoms with van der Waals surface area (Å²) in [5.74, 6) is 1.23. The molecule has 0 spiro atoms. The topological polar surface area (TPSA) is 0 Å². The van der Waals surface area contributed by atoms with Gasteiger partial charge < -0.3 is 0 Å². The molecule has 156 valence electrons. The average molecular weight is 533 g/mol. The first-order chi connectivity index (χ1) is 14.3. The third-order valence-electron chi connectivity index (χ3n) is 6.50. The first-order valence-corrected chi connectivity index (χ1v) is 18.3. The van der Waals surface area contributed by atoms with Crippen LogP contribution in [0.1, 0.15) is 70.2 Å². The number of fused-ring (bicyclic) bond motifs is 2. The van der Waals surface area contributed by atoms with Gasteiger partial charge in [-0.1, -0.05) is 48.5 Å². The van der Waals surface area contributed by atoms with Crippen molar-refractivity contribution < 1.29 is 20.8 Å². The molecule has 4 rings (SSSR count). The molecular formula is C26H30Cl2SiZr. The van der Waals surface area contributed by atoms with Gasteiger partial charge in [-0.25, -0.2) is 0 Å². The second-order valence-electron chi connectivity index (χ2n) is 8.62. The molecule has 0 saturated heterocycles. The number of aryl methyl sites for hydroxylation is 4. The minimum absolute atomic E-state index is 0.614. The molecule has 0 amide bonds. The summed E-state index contributed by atoms with van der Waals surface area (Å²) in [6.45, 7) is 13.7. The average Bonchev–Trinajstić information content (AvgIpc) is 3.21. The summed E-state index contributed by atoms with van der Waals surface area (Å²) < 4.78 is 0. The molecule has 4 heteroatoms. The molecule has 0 bridgehead atoms. The van der Waals surface area contributed by atoms with Gasteiger partial charge in [0, 0.05) is 21.4 Å². The maximum absolute atomic E-state index is 4.93. The van der Waals surface area contributed by atoms with Crippen LogP contribution in [0, 0.1) is 27.7 Å². The Morgan fingerprint density at radius 3 is 1.37 bits per heavy atom. The molecule has 0 aliphatic heterocycles. The summed E-state index contributed by atoms with van der Waals surface area (Å²) in [5, 5.41) is 0. The fourth-order valence-corrected chi connectivity index (χ4v) is 6.75. The number of benzene rings is 2. The molecule has 0 fully saturated rings. The van der Waals surface area contributed by atoms with Crippen LogP contribution in [-0.2, 0) is 20.8 Å². The van der Waals surface area contributed by atoms with Crippen LogP contribution in [0.15, 0.2) is 36.4 Å². The van der Waals surface area contributed by atoms with Gasteiger partial charge >= 0.3 is 37.9 Å². The third-order valence-corrected chi connectivity index (χ3v) is 7.96. The molecule has 0 N–H and O–H groups in total. The van der Waals surface area contributed by atoms with Crippen molar-refractivity contribution >= 4 is 37.7 Å². The van der Waals surface area contributed by atoms with Gasteiger partial charge in [-0.3, -0.25) is 0 Å². The SMILES string of the molecule is CC1=CC(C[Si]CC2C=C(C)c3c(C)ccc(C)c32)c2c(C)ccc(C)c21.[Cl][Zr][Cl]. The van der Waals surface area contributed by atoms with Crippen LogP contribution in [-0.4, -0.2) is 9.52 Å². The van der Waals surface area contributed by atoms with E-state index in [-0.39, 0.29) is 0 Å². The van der Waals surface area contributed by atoms with E-state index in [1.165, 1.54) is 56.6 Å². The Bertz CT molecular complexity index is 927. The van der Waals surface area contributed by atoms with E-state index >= 15 is 0 Å². The van der Waals surface area contributed by atoms with Gasteiger partial charge in [0.05, 0.1) is 0 Å². The summed E-state index contributed by atoms with van der Waals surface area (Å²) in [6.07, 6.45) is 5.05. The van der Waals surface area contributed by atoms with Crippen molar-refractivity contribution in [2.45, 2.75) is 65.5 Å². The van der Waals surface area contributed by atoms with Gasteiger partial charge in [0.15, 0.2) is 0 Å². The quantitative estimate of drug-likeness (QED) is 0.346. The van der Waals surface area contributed by atoms with Gasteiger partial charge in [-0.15, -0.1) is 0 Å². The van der Waals surface area contributed by atoms with Crippen molar-refractivity contribution in [3.05, 3.63) is 80.9 Å². The monoisotopic (exact) mass is 530 g/mol. The van der Waals surface area contributed by atoms with Crippen LogP contribution in [0.25, 0.3) is 11.1 Å². The van der Waals surface area contributed by atoms with Crippen molar-refractivity contribution in [2.24, 2.45) is 0 Å². The molecule has 30 heavy (non-hydrogen) atoms. The molecule has 2 aliphatic rings. The Balaban J connectivity index is 0.000000806. The van der Waals surface area contributed by atoms with E-state index < -0.39 is 20.8 Å². The van der Waals surface area contributed by atoms with Gasteiger partial charge in [0.1, 0.15) is 0 Å². The molecule has 2 atom stereocenters. The number of rotatable bonds is 4. The Hall–Kier alpha value is -0.400. The molecule has 0 aromatic heterocycles. The first kappa shape index (κ1) is 24.2. The zero-order valence-corrected chi connectivity index (χ0v) is 23.8. The predicted molar refractivity (Wildman–Crippen MR) is 132 cm³/mol. The van der Waals surface area contributed by atoms with Crippen LogP contribution in [0.3, 0.4) is 0 Å². The summed E-state index contributed by atoms with van der Waals surface area (Å²) in [6, 6.07) is 11.8. The van der Waals surface area contributed by atoms with Crippen LogP contribution in [0.4, 0.5) is 0 Å². The standard InChI is InChI=1S/C26H30Si.2ClH.Zr/c1-15-7-9-17(3)25-21(11-19(5)23(15)25)13-27-14-22-12-20(6)24-16(2)8-10-18(4)26(22)24;;;/h7-12,21-22H,13-14H2,1-6H3;2*1H;/q;;;+2/p-2. The van der Waals surface area contributed by atoms with E-state index in [2.05, 4.69) is 78.0 Å². The third kappa shape index (κ3) is 4.83. The first-order valence-electron chi connectivity index (χ1n) is 10.5. The fraction of sp³-hybridized carbons (Fsp3) is 0.385. The van der Waals surface area contributed by atoms with Crippen LogP contribution in [0.2, 0.25) is 12.1 Å². The van der Waals surface area contributed by atoms with E-state index in [4.69, 9.17) is 17.0 Å². The second-order valence-corrected chi connectivity index (χ2v) is 13.7. The normalized spacial score (nSPS) is 18.8. The van der Waals surface area contributed by atoms with E-state index in [1.54, 1.807) is 11.1 Å². The van der Waals surface area contributed by atoms with Crippen molar-refractivity contribution in [3.8, 4) is 0 Å². The summed E-state index contributed by atoms with van der Waals surface area (Å²) in [4.78, 5) is 0. The van der Waals surface area contributed by atoms with Gasteiger partial charge in [-0.2, -0.15) is 0 Å². The number of halogens is 2. The Labute approximate surface area is 203 Å². The number of allylic oxidation sites excluding steroid dienone is 4. The predicted octanol–water partition coefficient (Wildman–Crippen LogP) is 8.54. The Morgan fingerprint density at radius 1 is 0.667 bits per heavy atom. The van der Waals surface area contributed by atoms with Gasteiger partial charge in [0.25, 0.3) is 0 Å². The maximum atomic E-state index is 4.93. The molecule has 2 aromatic carbocycles. The van der Waals surface area contributed by atoms with Crippen molar-refractivity contribution in [1.29, 1.82) is 0 Å². The summed E-state index contributed by atoms with van der Waals surface area (Å²) in [7, 11) is 10.9. The van der Waals surface area contributed by atoms with E-state index in [1.807, 2.05) is 0 Å². The van der Waals surface area contributed by atoms with E-state index in [9.17, 15) is 0 Å². The molecule has 2 aromatic rings. The van der Waals surface area contributed by atoms with Crippen LogP contribution in [0.5, 0.6) is 0 Å².